The first-order valence-electron chi connectivity index (χ1n) is 8.84. The van der Waals surface area contributed by atoms with Crippen LogP contribution in [0.1, 0.15) is 17.7 Å². The molecule has 0 N–H and O–H groups in total. The molecule has 2 saturated heterocycles. The van der Waals surface area contributed by atoms with Crippen LogP contribution in [0.5, 0.6) is 0 Å². The van der Waals surface area contributed by atoms with E-state index < -0.39 is 0 Å². The van der Waals surface area contributed by atoms with E-state index in [1.807, 2.05) is 24.5 Å². The Morgan fingerprint density at radius 2 is 2.04 bits per heavy atom. The molecule has 4 rings (SSSR count). The van der Waals surface area contributed by atoms with Crippen molar-refractivity contribution >= 4 is 0 Å². The Balaban J connectivity index is 1.34. The average molecular weight is 327 g/mol. The maximum absolute atomic E-state index is 6.19. The Morgan fingerprint density at radius 1 is 1.08 bits per heavy atom. The smallest absolute Gasteiger partial charge is 0.117 e. The van der Waals surface area contributed by atoms with Crippen molar-refractivity contribution in [2.45, 2.75) is 25.6 Å². The zero-order chi connectivity index (χ0) is 16.2. The summed E-state index contributed by atoms with van der Waals surface area (Å²) in [6.45, 7) is 6.91. The van der Waals surface area contributed by atoms with Crippen LogP contribution in [0.15, 0.2) is 47.3 Å². The molecular weight excluding hydrogens is 302 g/mol. The van der Waals surface area contributed by atoms with Gasteiger partial charge in [-0.3, -0.25) is 14.8 Å². The normalized spacial score (nSPS) is 26.0. The van der Waals surface area contributed by atoms with Crippen molar-refractivity contribution in [3.63, 3.8) is 0 Å². The molecule has 2 aliphatic heterocycles. The Labute approximate surface area is 143 Å². The SMILES string of the molecule is c1cncc(CN2CCO[C@@H]3CN(Cc4ccco4)CC[C@@H]3C2)c1. The number of likely N-dealkylation sites (tertiary alicyclic amines) is 1. The molecule has 0 bridgehead atoms. The van der Waals surface area contributed by atoms with Crippen molar-refractivity contribution in [1.29, 1.82) is 0 Å². The number of pyridine rings is 1. The lowest BCUT2D eigenvalue weighted by molar-refractivity contribution is -0.0256. The number of hydrogen-bond donors (Lipinski definition) is 0. The second-order valence-corrected chi connectivity index (χ2v) is 6.87. The molecule has 2 atom stereocenters. The number of ether oxygens (including phenoxy) is 1. The van der Waals surface area contributed by atoms with Crippen molar-refractivity contribution in [3.8, 4) is 0 Å². The van der Waals surface area contributed by atoms with Gasteiger partial charge in [-0.05, 0) is 36.7 Å². The second-order valence-electron chi connectivity index (χ2n) is 6.87. The molecule has 0 saturated carbocycles. The van der Waals surface area contributed by atoms with Crippen molar-refractivity contribution in [1.82, 2.24) is 14.8 Å². The quantitative estimate of drug-likeness (QED) is 0.862. The summed E-state index contributed by atoms with van der Waals surface area (Å²) in [5.41, 5.74) is 1.28. The molecule has 2 fully saturated rings. The average Bonchev–Trinajstić information content (AvgIpc) is 3.02. The van der Waals surface area contributed by atoms with Gasteiger partial charge >= 0.3 is 0 Å². The first-order valence-corrected chi connectivity index (χ1v) is 8.84. The van der Waals surface area contributed by atoms with Gasteiger partial charge in [0.2, 0.25) is 0 Å². The molecule has 0 aliphatic carbocycles. The van der Waals surface area contributed by atoms with Gasteiger partial charge in [-0.2, -0.15) is 0 Å². The highest BCUT2D eigenvalue weighted by Crippen LogP contribution is 2.25. The van der Waals surface area contributed by atoms with Crippen molar-refractivity contribution < 1.29 is 9.15 Å². The number of furan rings is 1. The van der Waals surface area contributed by atoms with Crippen molar-refractivity contribution in [2.75, 3.05) is 32.8 Å². The van der Waals surface area contributed by atoms with Crippen LogP contribution in [-0.2, 0) is 17.8 Å². The summed E-state index contributed by atoms with van der Waals surface area (Å²) in [6.07, 6.45) is 7.08. The summed E-state index contributed by atoms with van der Waals surface area (Å²) in [4.78, 5) is 9.20. The van der Waals surface area contributed by atoms with Gasteiger partial charge in [0.25, 0.3) is 0 Å². The predicted octanol–water partition coefficient (Wildman–Crippen LogP) is 2.40. The van der Waals surface area contributed by atoms with Gasteiger partial charge in [0.15, 0.2) is 0 Å². The molecule has 0 unspecified atom stereocenters. The van der Waals surface area contributed by atoms with E-state index in [2.05, 4.69) is 26.9 Å². The lowest BCUT2D eigenvalue weighted by atomic mass is 9.93. The summed E-state index contributed by atoms with van der Waals surface area (Å²) in [5.74, 6) is 1.66. The van der Waals surface area contributed by atoms with Crippen LogP contribution in [0.3, 0.4) is 0 Å². The third kappa shape index (κ3) is 3.86. The summed E-state index contributed by atoms with van der Waals surface area (Å²) >= 11 is 0. The van der Waals surface area contributed by atoms with Crippen molar-refractivity contribution in [3.05, 3.63) is 54.2 Å². The van der Waals surface area contributed by atoms with Crippen molar-refractivity contribution in [2.24, 2.45) is 5.92 Å². The third-order valence-electron chi connectivity index (χ3n) is 5.10. The van der Waals surface area contributed by atoms with E-state index in [0.29, 0.717) is 12.0 Å². The maximum atomic E-state index is 6.19. The van der Waals surface area contributed by atoms with Gasteiger partial charge in [0, 0.05) is 44.5 Å². The Kier molecular flexibility index (Phi) is 4.92. The first kappa shape index (κ1) is 15.8. The number of aromatic nitrogens is 1. The highest BCUT2D eigenvalue weighted by molar-refractivity contribution is 5.08. The lowest BCUT2D eigenvalue weighted by Gasteiger charge is -2.37. The minimum Gasteiger partial charge on any atom is -0.468 e. The standard InChI is InChI=1S/C19H25N3O2/c1-3-16(11-20-6-1)12-22-8-10-24-19-15-21(7-5-17(19)13-22)14-18-4-2-9-23-18/h1-4,6,9,11,17,19H,5,7-8,10,12-15H2/t17-,19-/m1/s1. The van der Waals surface area contributed by atoms with E-state index in [0.717, 1.165) is 51.6 Å². The molecule has 0 amide bonds. The van der Waals surface area contributed by atoms with E-state index in [1.54, 1.807) is 6.26 Å². The predicted molar refractivity (Wildman–Crippen MR) is 91.3 cm³/mol. The highest BCUT2D eigenvalue weighted by Gasteiger charge is 2.33. The molecule has 5 heteroatoms. The van der Waals surface area contributed by atoms with E-state index in [9.17, 15) is 0 Å². The fourth-order valence-corrected chi connectivity index (χ4v) is 3.84. The summed E-state index contributed by atoms with van der Waals surface area (Å²) in [5, 5.41) is 0. The largest absolute Gasteiger partial charge is 0.468 e. The van der Waals surface area contributed by atoms with E-state index in [-0.39, 0.29) is 0 Å². The molecule has 0 radical (unpaired) electrons. The first-order chi connectivity index (χ1) is 11.9. The number of piperidine rings is 1. The van der Waals surface area contributed by atoms with Gasteiger partial charge in [0.1, 0.15) is 5.76 Å². The summed E-state index contributed by atoms with van der Waals surface area (Å²) in [6, 6.07) is 8.18. The minimum atomic E-state index is 0.340. The van der Waals surface area contributed by atoms with E-state index in [1.165, 1.54) is 12.0 Å². The molecule has 2 aromatic heterocycles. The van der Waals surface area contributed by atoms with E-state index >= 15 is 0 Å². The number of nitrogens with zero attached hydrogens (tertiary/aromatic N) is 3. The van der Waals surface area contributed by atoms with Crippen LogP contribution < -0.4 is 0 Å². The molecule has 0 spiro atoms. The van der Waals surface area contributed by atoms with Gasteiger partial charge < -0.3 is 9.15 Å². The molecule has 0 aromatic carbocycles. The maximum Gasteiger partial charge on any atom is 0.117 e. The molecule has 24 heavy (non-hydrogen) atoms. The van der Waals surface area contributed by atoms with Crippen LogP contribution in [0.4, 0.5) is 0 Å². The lowest BCUT2D eigenvalue weighted by Crippen LogP contribution is -2.46. The molecule has 2 aromatic rings. The molecular formula is C19H25N3O2. The topological polar surface area (TPSA) is 41.7 Å². The van der Waals surface area contributed by atoms with E-state index in [4.69, 9.17) is 9.15 Å². The second kappa shape index (κ2) is 7.47. The molecule has 2 aliphatic rings. The fraction of sp³-hybridized carbons (Fsp3) is 0.526. The minimum absolute atomic E-state index is 0.340. The Hall–Kier alpha value is -1.69. The van der Waals surface area contributed by atoms with Crippen LogP contribution in [0, 0.1) is 5.92 Å². The van der Waals surface area contributed by atoms with Crippen LogP contribution in [0.2, 0.25) is 0 Å². The van der Waals surface area contributed by atoms with Gasteiger partial charge in [-0.25, -0.2) is 0 Å². The van der Waals surface area contributed by atoms with Gasteiger partial charge in [0.05, 0.1) is 25.5 Å². The van der Waals surface area contributed by atoms with Crippen LogP contribution in [-0.4, -0.2) is 53.7 Å². The molecule has 5 nitrogen and oxygen atoms in total. The Bertz CT molecular complexity index is 617. The zero-order valence-electron chi connectivity index (χ0n) is 14.0. The number of hydrogen-bond acceptors (Lipinski definition) is 5. The third-order valence-corrected chi connectivity index (χ3v) is 5.10. The highest BCUT2D eigenvalue weighted by atomic mass is 16.5. The molecule has 128 valence electrons. The summed E-state index contributed by atoms with van der Waals surface area (Å²) in [7, 11) is 0. The molecule has 4 heterocycles. The van der Waals surface area contributed by atoms with Gasteiger partial charge in [-0.1, -0.05) is 6.07 Å². The number of rotatable bonds is 4. The van der Waals surface area contributed by atoms with Crippen LogP contribution >= 0.6 is 0 Å². The monoisotopic (exact) mass is 327 g/mol. The Morgan fingerprint density at radius 3 is 2.88 bits per heavy atom. The van der Waals surface area contributed by atoms with Crippen LogP contribution in [0.25, 0.3) is 0 Å². The van der Waals surface area contributed by atoms with Gasteiger partial charge in [-0.15, -0.1) is 0 Å². The summed E-state index contributed by atoms with van der Waals surface area (Å²) < 4.78 is 11.7. The zero-order valence-corrected chi connectivity index (χ0v) is 14.0. The fourth-order valence-electron chi connectivity index (χ4n) is 3.84. The number of fused-ring (bicyclic) bond motifs is 1.